The summed E-state index contributed by atoms with van der Waals surface area (Å²) in [5, 5.41) is 1.42. The molecule has 2 aromatic rings. The SMILES string of the molecule is CPc1ccc2c(c1)CCc1ccccc1O2. The Morgan fingerprint density at radius 2 is 1.71 bits per heavy atom. The minimum absolute atomic E-state index is 0.853. The zero-order valence-corrected chi connectivity index (χ0v) is 10.9. The molecule has 0 saturated heterocycles. The van der Waals surface area contributed by atoms with Crippen LogP contribution in [-0.4, -0.2) is 6.66 Å². The van der Waals surface area contributed by atoms with Crippen molar-refractivity contribution < 1.29 is 4.74 Å². The van der Waals surface area contributed by atoms with Gasteiger partial charge in [-0.25, -0.2) is 0 Å². The van der Waals surface area contributed by atoms with E-state index >= 15 is 0 Å². The van der Waals surface area contributed by atoms with Gasteiger partial charge in [-0.15, -0.1) is 0 Å². The van der Waals surface area contributed by atoms with Crippen molar-refractivity contribution in [1.82, 2.24) is 0 Å². The first kappa shape index (κ1) is 10.8. The summed E-state index contributed by atoms with van der Waals surface area (Å²) in [5.41, 5.74) is 2.65. The van der Waals surface area contributed by atoms with Crippen LogP contribution in [0, 0.1) is 0 Å². The Balaban J connectivity index is 2.03. The van der Waals surface area contributed by atoms with E-state index in [1.807, 2.05) is 6.07 Å². The van der Waals surface area contributed by atoms with Gasteiger partial charge >= 0.3 is 0 Å². The highest BCUT2D eigenvalue weighted by atomic mass is 31.1. The molecule has 0 aromatic heterocycles. The highest BCUT2D eigenvalue weighted by Gasteiger charge is 2.14. The maximum atomic E-state index is 6.00. The molecule has 1 unspecified atom stereocenters. The van der Waals surface area contributed by atoms with Gasteiger partial charge in [0.25, 0.3) is 0 Å². The van der Waals surface area contributed by atoms with Crippen LogP contribution in [0.15, 0.2) is 42.5 Å². The fourth-order valence-electron chi connectivity index (χ4n) is 2.23. The molecule has 0 spiro atoms. The summed E-state index contributed by atoms with van der Waals surface area (Å²) < 4.78 is 6.00. The molecular weight excluding hydrogens is 227 g/mol. The lowest BCUT2D eigenvalue weighted by molar-refractivity contribution is 0.479. The van der Waals surface area contributed by atoms with Gasteiger partial charge in [0.1, 0.15) is 11.5 Å². The average molecular weight is 242 g/mol. The van der Waals surface area contributed by atoms with Crippen LogP contribution in [0.1, 0.15) is 11.1 Å². The first-order valence-corrected chi connectivity index (χ1v) is 7.43. The van der Waals surface area contributed by atoms with E-state index in [2.05, 4.69) is 43.1 Å². The molecule has 17 heavy (non-hydrogen) atoms. The Kier molecular flexibility index (Phi) is 2.86. The highest BCUT2D eigenvalue weighted by molar-refractivity contribution is 7.46. The Morgan fingerprint density at radius 1 is 0.941 bits per heavy atom. The predicted octanol–water partition coefficient (Wildman–Crippen LogP) is 3.51. The normalized spacial score (nSPS) is 13.9. The molecule has 0 radical (unpaired) electrons. The molecule has 0 amide bonds. The van der Waals surface area contributed by atoms with Crippen LogP contribution in [-0.2, 0) is 12.8 Å². The van der Waals surface area contributed by atoms with Crippen molar-refractivity contribution >= 4 is 13.9 Å². The Bertz CT molecular complexity index is 548. The summed E-state index contributed by atoms with van der Waals surface area (Å²) in [6.07, 6.45) is 2.14. The lowest BCUT2D eigenvalue weighted by Gasteiger charge is -2.09. The summed E-state index contributed by atoms with van der Waals surface area (Å²) >= 11 is 0. The Hall–Kier alpha value is -1.33. The molecule has 86 valence electrons. The number of hydrogen-bond acceptors (Lipinski definition) is 1. The lowest BCUT2D eigenvalue weighted by atomic mass is 10.0. The van der Waals surface area contributed by atoms with Gasteiger partial charge in [0.2, 0.25) is 0 Å². The van der Waals surface area contributed by atoms with Crippen molar-refractivity contribution in [2.24, 2.45) is 0 Å². The molecule has 2 aromatic carbocycles. The highest BCUT2D eigenvalue weighted by Crippen LogP contribution is 2.33. The van der Waals surface area contributed by atoms with Crippen LogP contribution in [0.4, 0.5) is 0 Å². The van der Waals surface area contributed by atoms with Gasteiger partial charge in [-0.1, -0.05) is 32.8 Å². The first-order valence-electron chi connectivity index (χ1n) is 5.93. The monoisotopic (exact) mass is 242 g/mol. The van der Waals surface area contributed by atoms with E-state index in [1.54, 1.807) is 0 Å². The van der Waals surface area contributed by atoms with Crippen LogP contribution in [0.3, 0.4) is 0 Å². The second kappa shape index (κ2) is 4.50. The fourth-order valence-corrected chi connectivity index (χ4v) is 2.80. The van der Waals surface area contributed by atoms with Gasteiger partial charge < -0.3 is 4.74 Å². The third-order valence-electron chi connectivity index (χ3n) is 3.21. The van der Waals surface area contributed by atoms with Crippen molar-refractivity contribution in [3.63, 3.8) is 0 Å². The summed E-state index contributed by atoms with van der Waals surface area (Å²) in [6, 6.07) is 14.9. The Morgan fingerprint density at radius 3 is 2.59 bits per heavy atom. The quantitative estimate of drug-likeness (QED) is 0.695. The summed E-state index contributed by atoms with van der Waals surface area (Å²) in [7, 11) is 0.853. The number of fused-ring (bicyclic) bond motifs is 2. The van der Waals surface area contributed by atoms with E-state index in [1.165, 1.54) is 16.4 Å². The van der Waals surface area contributed by atoms with Crippen LogP contribution in [0.5, 0.6) is 11.5 Å². The van der Waals surface area contributed by atoms with E-state index in [4.69, 9.17) is 4.74 Å². The van der Waals surface area contributed by atoms with Gasteiger partial charge in [-0.2, -0.15) is 0 Å². The van der Waals surface area contributed by atoms with E-state index in [-0.39, 0.29) is 0 Å². The van der Waals surface area contributed by atoms with Gasteiger partial charge in [0, 0.05) is 0 Å². The standard InChI is InChI=1S/C15H15OP/c1-17-13-8-9-15-12(10-13)7-6-11-4-2-3-5-14(11)16-15/h2-5,8-10,17H,6-7H2,1H3. The predicted molar refractivity (Wildman–Crippen MR) is 74.2 cm³/mol. The van der Waals surface area contributed by atoms with Crippen LogP contribution < -0.4 is 10.0 Å². The zero-order chi connectivity index (χ0) is 11.7. The molecule has 2 heteroatoms. The van der Waals surface area contributed by atoms with Crippen molar-refractivity contribution in [3.05, 3.63) is 53.6 Å². The fraction of sp³-hybridized carbons (Fsp3) is 0.200. The van der Waals surface area contributed by atoms with Crippen molar-refractivity contribution in [3.8, 4) is 11.5 Å². The molecule has 1 atom stereocenters. The summed E-state index contributed by atoms with van der Waals surface area (Å²) in [4.78, 5) is 0. The first-order chi connectivity index (χ1) is 8.36. The van der Waals surface area contributed by atoms with Crippen molar-refractivity contribution in [2.45, 2.75) is 12.8 Å². The number of para-hydroxylation sites is 1. The van der Waals surface area contributed by atoms with Gasteiger partial charge in [-0.05, 0) is 54.1 Å². The van der Waals surface area contributed by atoms with E-state index in [0.29, 0.717) is 0 Å². The molecule has 0 saturated carbocycles. The number of benzene rings is 2. The summed E-state index contributed by atoms with van der Waals surface area (Å²) in [6.45, 7) is 2.22. The topological polar surface area (TPSA) is 9.23 Å². The van der Waals surface area contributed by atoms with E-state index in [9.17, 15) is 0 Å². The molecule has 0 bridgehead atoms. The third-order valence-corrected chi connectivity index (χ3v) is 4.09. The molecule has 0 aliphatic carbocycles. The minimum Gasteiger partial charge on any atom is -0.457 e. The molecule has 0 fully saturated rings. The number of ether oxygens (including phenoxy) is 1. The number of aryl methyl sites for hydroxylation is 2. The van der Waals surface area contributed by atoms with E-state index < -0.39 is 0 Å². The summed E-state index contributed by atoms with van der Waals surface area (Å²) in [5.74, 6) is 2.04. The maximum Gasteiger partial charge on any atom is 0.130 e. The molecule has 1 nitrogen and oxygen atoms in total. The zero-order valence-electron chi connectivity index (χ0n) is 9.86. The van der Waals surface area contributed by atoms with Gasteiger partial charge in [0.05, 0.1) is 0 Å². The van der Waals surface area contributed by atoms with Gasteiger partial charge in [-0.3, -0.25) is 0 Å². The molecule has 3 rings (SSSR count). The van der Waals surface area contributed by atoms with Crippen molar-refractivity contribution in [1.29, 1.82) is 0 Å². The van der Waals surface area contributed by atoms with Crippen LogP contribution in [0.25, 0.3) is 0 Å². The number of hydrogen-bond donors (Lipinski definition) is 0. The maximum absolute atomic E-state index is 6.00. The molecule has 1 aliphatic heterocycles. The smallest absolute Gasteiger partial charge is 0.130 e. The van der Waals surface area contributed by atoms with Crippen LogP contribution in [0.2, 0.25) is 0 Å². The lowest BCUT2D eigenvalue weighted by Crippen LogP contribution is -1.98. The van der Waals surface area contributed by atoms with Gasteiger partial charge in [0.15, 0.2) is 0 Å². The van der Waals surface area contributed by atoms with Crippen LogP contribution >= 0.6 is 8.58 Å². The third kappa shape index (κ3) is 2.08. The minimum atomic E-state index is 0.853. The van der Waals surface area contributed by atoms with Crippen molar-refractivity contribution in [2.75, 3.05) is 6.66 Å². The average Bonchev–Trinajstić information content (AvgIpc) is 2.57. The Labute approximate surface area is 104 Å². The second-order valence-corrected chi connectivity index (χ2v) is 5.36. The second-order valence-electron chi connectivity index (χ2n) is 4.28. The largest absolute Gasteiger partial charge is 0.457 e. The number of rotatable bonds is 1. The molecule has 0 N–H and O–H groups in total. The molecule has 1 heterocycles. The van der Waals surface area contributed by atoms with E-state index in [0.717, 1.165) is 32.9 Å². The molecular formula is C15H15OP. The molecule has 1 aliphatic rings.